The fraction of sp³-hybridized carbons (Fsp3) is 0.444. The van der Waals surface area contributed by atoms with Crippen LogP contribution in [-0.4, -0.2) is 40.7 Å². The molecule has 0 radical (unpaired) electrons. The number of likely N-dealkylation sites (N-methyl/N-ethyl adjacent to an activating group) is 1. The summed E-state index contributed by atoms with van der Waals surface area (Å²) in [4.78, 5) is 6.48. The minimum absolute atomic E-state index is 0.153. The molecule has 0 spiro atoms. The summed E-state index contributed by atoms with van der Waals surface area (Å²) in [6.45, 7) is 8.48. The van der Waals surface area contributed by atoms with E-state index in [0.717, 1.165) is 35.8 Å². The number of nitrogens with zero attached hydrogens (tertiary/aromatic N) is 2. The SMILES string of the molecule is CCN(C)CCc1cc(C)c(OC(S)PC(=N)c2nccs2)cc1C. The summed E-state index contributed by atoms with van der Waals surface area (Å²) < 4.78 is 6.00. The lowest BCUT2D eigenvalue weighted by Gasteiger charge is -2.19. The third-order valence-electron chi connectivity index (χ3n) is 4.09. The fourth-order valence-electron chi connectivity index (χ4n) is 2.40. The number of aryl methyl sites for hydroxylation is 2. The van der Waals surface area contributed by atoms with Gasteiger partial charge in [-0.1, -0.05) is 13.0 Å². The van der Waals surface area contributed by atoms with E-state index in [1.165, 1.54) is 22.5 Å². The molecule has 0 fully saturated rings. The average Bonchev–Trinajstić information content (AvgIpc) is 3.10. The summed E-state index contributed by atoms with van der Waals surface area (Å²) in [5.41, 5.74) is 4.20. The Balaban J connectivity index is 1.99. The lowest BCUT2D eigenvalue weighted by molar-refractivity contribution is 0.355. The van der Waals surface area contributed by atoms with Crippen molar-refractivity contribution in [1.82, 2.24) is 9.88 Å². The maximum Gasteiger partial charge on any atom is 0.162 e. The van der Waals surface area contributed by atoms with E-state index in [-0.39, 0.29) is 13.8 Å². The summed E-state index contributed by atoms with van der Waals surface area (Å²) >= 11 is 5.99. The molecule has 0 aliphatic heterocycles. The first-order chi connectivity index (χ1) is 11.9. The van der Waals surface area contributed by atoms with E-state index in [0.29, 0.717) is 5.45 Å². The van der Waals surface area contributed by atoms with Crippen LogP contribution in [0.4, 0.5) is 0 Å². The number of hydrogen-bond acceptors (Lipinski definition) is 6. The van der Waals surface area contributed by atoms with Gasteiger partial charge in [0, 0.05) is 18.1 Å². The van der Waals surface area contributed by atoms with E-state index >= 15 is 0 Å². The van der Waals surface area contributed by atoms with E-state index in [4.69, 9.17) is 10.1 Å². The molecule has 1 heterocycles. The van der Waals surface area contributed by atoms with Gasteiger partial charge in [-0.2, -0.15) is 0 Å². The molecule has 2 unspecified atom stereocenters. The molecule has 0 amide bonds. The van der Waals surface area contributed by atoms with E-state index < -0.39 is 0 Å². The Bertz CT molecular complexity index is 707. The smallest absolute Gasteiger partial charge is 0.162 e. The van der Waals surface area contributed by atoms with Crippen molar-refractivity contribution in [1.29, 1.82) is 5.41 Å². The molecular weight excluding hydrogens is 369 g/mol. The molecule has 2 atom stereocenters. The minimum atomic E-state index is -0.327. The van der Waals surface area contributed by atoms with Crippen molar-refractivity contribution >= 4 is 38.0 Å². The highest BCUT2D eigenvalue weighted by atomic mass is 32.1. The number of benzene rings is 1. The molecule has 1 aromatic carbocycles. The van der Waals surface area contributed by atoms with Crippen molar-refractivity contribution in [3.8, 4) is 5.75 Å². The van der Waals surface area contributed by atoms with Gasteiger partial charge in [-0.05, 0) is 65.2 Å². The zero-order valence-corrected chi connectivity index (χ0v) is 17.9. The number of rotatable bonds is 9. The molecule has 4 nitrogen and oxygen atoms in total. The second-order valence-electron chi connectivity index (χ2n) is 6.02. The molecule has 25 heavy (non-hydrogen) atoms. The third-order valence-corrected chi connectivity index (χ3v) is 6.44. The second kappa shape index (κ2) is 9.67. The molecule has 0 aliphatic rings. The topological polar surface area (TPSA) is 49.2 Å². The normalized spacial score (nSPS) is 12.9. The predicted octanol–water partition coefficient (Wildman–Crippen LogP) is 4.55. The molecule has 2 aromatic rings. The Morgan fingerprint density at radius 2 is 2.16 bits per heavy atom. The van der Waals surface area contributed by atoms with Crippen LogP contribution in [-0.2, 0) is 6.42 Å². The molecule has 0 bridgehead atoms. The Labute approximate surface area is 161 Å². The molecular formula is C18H26N3OPS2. The van der Waals surface area contributed by atoms with Gasteiger partial charge >= 0.3 is 0 Å². The minimum Gasteiger partial charge on any atom is -0.475 e. The third kappa shape index (κ3) is 6.07. The van der Waals surface area contributed by atoms with E-state index in [2.05, 4.69) is 62.5 Å². The zero-order chi connectivity index (χ0) is 18.4. The quantitative estimate of drug-likeness (QED) is 0.283. The van der Waals surface area contributed by atoms with Gasteiger partial charge in [0.25, 0.3) is 0 Å². The predicted molar refractivity (Wildman–Crippen MR) is 113 cm³/mol. The van der Waals surface area contributed by atoms with Crippen LogP contribution in [0.3, 0.4) is 0 Å². The van der Waals surface area contributed by atoms with E-state index in [9.17, 15) is 0 Å². The summed E-state index contributed by atoms with van der Waals surface area (Å²) in [6, 6.07) is 4.31. The van der Waals surface area contributed by atoms with Gasteiger partial charge in [0.1, 0.15) is 10.8 Å². The molecule has 7 heteroatoms. The number of ether oxygens (including phenoxy) is 1. The van der Waals surface area contributed by atoms with Crippen LogP contribution < -0.4 is 4.74 Å². The summed E-state index contributed by atoms with van der Waals surface area (Å²) in [5.74, 6) is 0.851. The van der Waals surface area contributed by atoms with Crippen molar-refractivity contribution in [2.24, 2.45) is 0 Å². The maximum atomic E-state index is 8.11. The van der Waals surface area contributed by atoms with Gasteiger partial charge in [-0.3, -0.25) is 5.41 Å². The molecule has 1 aromatic heterocycles. The van der Waals surface area contributed by atoms with Gasteiger partial charge in [0.2, 0.25) is 0 Å². The van der Waals surface area contributed by atoms with Crippen molar-refractivity contribution < 1.29 is 4.74 Å². The highest BCUT2D eigenvalue weighted by Crippen LogP contribution is 2.32. The number of hydrogen-bond donors (Lipinski definition) is 2. The van der Waals surface area contributed by atoms with Crippen LogP contribution in [0.25, 0.3) is 0 Å². The standard InChI is InChI=1S/C18H26N3OPS2/c1-5-21(4)8-6-14-10-13(3)15(11-12(14)2)22-18(24)23-16(19)17-20-7-9-25-17/h7,9-11,18-19,23-24H,5-6,8H2,1-4H3. The first-order valence-electron chi connectivity index (χ1n) is 8.29. The van der Waals surface area contributed by atoms with Gasteiger partial charge in [0.05, 0.1) is 5.45 Å². The van der Waals surface area contributed by atoms with Crippen LogP contribution in [0.5, 0.6) is 5.75 Å². The summed E-state index contributed by atoms with van der Waals surface area (Å²) in [7, 11) is 2.30. The highest BCUT2D eigenvalue weighted by molar-refractivity contribution is 7.90. The average molecular weight is 396 g/mol. The van der Waals surface area contributed by atoms with Crippen molar-refractivity contribution in [3.63, 3.8) is 0 Å². The van der Waals surface area contributed by atoms with Crippen LogP contribution in [0.1, 0.15) is 28.6 Å². The van der Waals surface area contributed by atoms with E-state index in [1.54, 1.807) is 6.20 Å². The Morgan fingerprint density at radius 3 is 2.80 bits per heavy atom. The van der Waals surface area contributed by atoms with Crippen LogP contribution in [0.15, 0.2) is 23.7 Å². The number of nitrogens with one attached hydrogen (secondary N) is 1. The zero-order valence-electron chi connectivity index (χ0n) is 15.2. The number of aromatic nitrogens is 1. The number of thiazole rings is 1. The molecule has 0 aliphatic carbocycles. The number of thiol groups is 1. The Kier molecular flexibility index (Phi) is 7.88. The molecule has 0 saturated heterocycles. The van der Waals surface area contributed by atoms with Crippen molar-refractivity contribution in [2.75, 3.05) is 20.1 Å². The molecule has 2 rings (SSSR count). The Morgan fingerprint density at radius 1 is 1.40 bits per heavy atom. The van der Waals surface area contributed by atoms with E-state index in [1.807, 2.05) is 5.38 Å². The van der Waals surface area contributed by atoms with Crippen molar-refractivity contribution in [2.45, 2.75) is 32.4 Å². The summed E-state index contributed by atoms with van der Waals surface area (Å²) in [6.07, 6.45) is 2.76. The molecule has 1 N–H and O–H groups in total. The molecule has 0 saturated carbocycles. The Hall–Kier alpha value is -0.940. The van der Waals surface area contributed by atoms with Gasteiger partial charge < -0.3 is 9.64 Å². The first kappa shape index (κ1) is 20.4. The van der Waals surface area contributed by atoms with Crippen LogP contribution >= 0.6 is 32.5 Å². The van der Waals surface area contributed by atoms with Crippen molar-refractivity contribution in [3.05, 3.63) is 45.4 Å². The lowest BCUT2D eigenvalue weighted by Crippen LogP contribution is -2.20. The fourth-order valence-corrected chi connectivity index (χ4v) is 4.36. The second-order valence-corrected chi connectivity index (χ2v) is 9.18. The van der Waals surface area contributed by atoms with Gasteiger partial charge in [0.15, 0.2) is 5.18 Å². The maximum absolute atomic E-state index is 8.11. The highest BCUT2D eigenvalue weighted by Gasteiger charge is 2.14. The van der Waals surface area contributed by atoms with Crippen LogP contribution in [0.2, 0.25) is 0 Å². The summed E-state index contributed by atoms with van der Waals surface area (Å²) in [5, 5.41) is 10.4. The lowest BCUT2D eigenvalue weighted by atomic mass is 10.0. The molecule has 136 valence electrons. The van der Waals surface area contributed by atoms with Gasteiger partial charge in [-0.15, -0.1) is 24.0 Å². The van der Waals surface area contributed by atoms with Crippen LogP contribution in [0, 0.1) is 19.3 Å². The van der Waals surface area contributed by atoms with Gasteiger partial charge in [-0.25, -0.2) is 4.98 Å². The first-order valence-corrected chi connectivity index (χ1v) is 10.8. The largest absolute Gasteiger partial charge is 0.475 e. The monoisotopic (exact) mass is 395 g/mol.